The van der Waals surface area contributed by atoms with Gasteiger partial charge in [-0.1, -0.05) is 11.6 Å². The van der Waals surface area contributed by atoms with Gasteiger partial charge in [0.15, 0.2) is 0 Å². The number of rotatable bonds is 2. The third kappa shape index (κ3) is 2.93. The van der Waals surface area contributed by atoms with Crippen LogP contribution in [0.25, 0.3) is 0 Å². The molecule has 1 aromatic rings. The molecular formula is C11H7ClF3NO2. The van der Waals surface area contributed by atoms with Crippen LogP contribution in [0.15, 0.2) is 12.1 Å². The summed E-state index contributed by atoms with van der Waals surface area (Å²) in [5.74, 6) is -1.16. The first-order chi connectivity index (χ1) is 8.31. The number of carbonyl (C=O) groups excluding carboxylic acids is 1. The van der Waals surface area contributed by atoms with Crippen molar-refractivity contribution in [3.8, 4) is 6.07 Å². The van der Waals surface area contributed by atoms with Crippen molar-refractivity contribution in [2.75, 3.05) is 6.61 Å². The number of benzene rings is 1. The van der Waals surface area contributed by atoms with Gasteiger partial charge < -0.3 is 4.74 Å². The van der Waals surface area contributed by atoms with Crippen molar-refractivity contribution in [2.24, 2.45) is 0 Å². The molecule has 96 valence electrons. The molecule has 3 nitrogen and oxygen atoms in total. The van der Waals surface area contributed by atoms with Gasteiger partial charge in [-0.15, -0.1) is 0 Å². The van der Waals surface area contributed by atoms with Crippen LogP contribution in [0.5, 0.6) is 0 Å². The molecule has 0 amide bonds. The monoisotopic (exact) mass is 277 g/mol. The van der Waals surface area contributed by atoms with Crippen molar-refractivity contribution < 1.29 is 22.7 Å². The predicted molar refractivity (Wildman–Crippen MR) is 57.1 cm³/mol. The maximum absolute atomic E-state index is 12.8. The highest BCUT2D eigenvalue weighted by molar-refractivity contribution is 6.32. The minimum Gasteiger partial charge on any atom is -0.462 e. The van der Waals surface area contributed by atoms with Crippen LogP contribution >= 0.6 is 11.6 Å². The number of nitrogens with zero attached hydrogens (tertiary/aromatic N) is 1. The Kier molecular flexibility index (Phi) is 4.19. The minimum absolute atomic E-state index is 0.0788. The van der Waals surface area contributed by atoms with Crippen LogP contribution in [-0.2, 0) is 10.9 Å². The summed E-state index contributed by atoms with van der Waals surface area (Å²) >= 11 is 5.46. The van der Waals surface area contributed by atoms with E-state index < -0.39 is 28.3 Å². The van der Waals surface area contributed by atoms with Crippen molar-refractivity contribution in [2.45, 2.75) is 13.1 Å². The molecule has 0 saturated heterocycles. The minimum atomic E-state index is -4.80. The summed E-state index contributed by atoms with van der Waals surface area (Å²) in [6.45, 7) is 1.38. The summed E-state index contributed by atoms with van der Waals surface area (Å²) in [6, 6.07) is 3.29. The van der Waals surface area contributed by atoms with E-state index >= 15 is 0 Å². The van der Waals surface area contributed by atoms with E-state index in [2.05, 4.69) is 4.74 Å². The topological polar surface area (TPSA) is 50.1 Å². The number of hydrogen-bond donors (Lipinski definition) is 0. The maximum atomic E-state index is 12.8. The third-order valence-corrected chi connectivity index (χ3v) is 2.30. The lowest BCUT2D eigenvalue weighted by molar-refractivity contribution is -0.138. The van der Waals surface area contributed by atoms with Crippen LogP contribution in [0.4, 0.5) is 13.2 Å². The fourth-order valence-corrected chi connectivity index (χ4v) is 1.66. The first-order valence-electron chi connectivity index (χ1n) is 4.79. The quantitative estimate of drug-likeness (QED) is 0.778. The zero-order valence-corrected chi connectivity index (χ0v) is 9.89. The van der Waals surface area contributed by atoms with E-state index in [-0.39, 0.29) is 12.2 Å². The lowest BCUT2D eigenvalue weighted by atomic mass is 10.0. The van der Waals surface area contributed by atoms with Gasteiger partial charge in [-0.3, -0.25) is 0 Å². The Morgan fingerprint density at radius 3 is 2.56 bits per heavy atom. The highest BCUT2D eigenvalue weighted by Gasteiger charge is 2.38. The molecule has 18 heavy (non-hydrogen) atoms. The van der Waals surface area contributed by atoms with Crippen LogP contribution in [0.2, 0.25) is 5.02 Å². The lowest BCUT2D eigenvalue weighted by Crippen LogP contribution is -2.16. The normalized spacial score (nSPS) is 10.9. The molecule has 0 atom stereocenters. The first-order valence-corrected chi connectivity index (χ1v) is 5.17. The largest absolute Gasteiger partial charge is 0.462 e. The van der Waals surface area contributed by atoms with Gasteiger partial charge in [0.25, 0.3) is 0 Å². The number of halogens is 4. The standard InChI is InChI=1S/C11H7ClF3NO2/c1-2-18-10(17)7-3-6(5-16)4-8(12)9(7)11(13,14)15/h3-4H,2H2,1H3. The van der Waals surface area contributed by atoms with Gasteiger partial charge in [-0.05, 0) is 19.1 Å². The van der Waals surface area contributed by atoms with Gasteiger partial charge in [0.2, 0.25) is 0 Å². The van der Waals surface area contributed by atoms with Gasteiger partial charge in [0.05, 0.1) is 34.4 Å². The summed E-state index contributed by atoms with van der Waals surface area (Å²) in [5.41, 5.74) is -2.19. The number of alkyl halides is 3. The molecule has 0 aromatic heterocycles. The molecule has 0 bridgehead atoms. The fraction of sp³-hybridized carbons (Fsp3) is 0.273. The summed E-state index contributed by atoms with van der Waals surface area (Å²) in [5, 5.41) is 7.95. The number of esters is 1. The van der Waals surface area contributed by atoms with E-state index in [1.54, 1.807) is 6.07 Å². The molecule has 7 heteroatoms. The Bertz CT molecular complexity index is 520. The van der Waals surface area contributed by atoms with Crippen LogP contribution in [-0.4, -0.2) is 12.6 Å². The molecule has 0 unspecified atom stereocenters. The fourth-order valence-electron chi connectivity index (χ4n) is 1.33. The van der Waals surface area contributed by atoms with E-state index in [1.807, 2.05) is 0 Å². The van der Waals surface area contributed by atoms with Crippen molar-refractivity contribution in [1.82, 2.24) is 0 Å². The zero-order valence-electron chi connectivity index (χ0n) is 9.14. The zero-order chi connectivity index (χ0) is 13.9. The SMILES string of the molecule is CCOC(=O)c1cc(C#N)cc(Cl)c1C(F)(F)F. The van der Waals surface area contributed by atoms with Gasteiger partial charge in [-0.25, -0.2) is 4.79 Å². The lowest BCUT2D eigenvalue weighted by Gasteiger charge is -2.14. The number of ether oxygens (including phenoxy) is 1. The van der Waals surface area contributed by atoms with Crippen molar-refractivity contribution >= 4 is 17.6 Å². The Labute approximate surface area is 106 Å². The maximum Gasteiger partial charge on any atom is 0.418 e. The molecule has 0 fully saturated rings. The van der Waals surface area contributed by atoms with Crippen LogP contribution in [0.1, 0.15) is 28.4 Å². The highest BCUT2D eigenvalue weighted by atomic mass is 35.5. The molecule has 0 aliphatic heterocycles. The molecule has 0 radical (unpaired) electrons. The highest BCUT2D eigenvalue weighted by Crippen LogP contribution is 2.38. The van der Waals surface area contributed by atoms with Crippen LogP contribution in [0, 0.1) is 11.3 Å². The van der Waals surface area contributed by atoms with Gasteiger partial charge in [0, 0.05) is 0 Å². The van der Waals surface area contributed by atoms with Crippen LogP contribution in [0.3, 0.4) is 0 Å². The van der Waals surface area contributed by atoms with Gasteiger partial charge in [-0.2, -0.15) is 18.4 Å². The number of nitriles is 1. The smallest absolute Gasteiger partial charge is 0.418 e. The van der Waals surface area contributed by atoms with Gasteiger partial charge >= 0.3 is 12.1 Å². The summed E-state index contributed by atoms with van der Waals surface area (Å²) in [6.07, 6.45) is -4.80. The number of hydrogen-bond acceptors (Lipinski definition) is 3. The molecule has 1 aromatic carbocycles. The number of carbonyl (C=O) groups is 1. The second-order valence-electron chi connectivity index (χ2n) is 3.21. The Morgan fingerprint density at radius 2 is 2.11 bits per heavy atom. The average Bonchev–Trinajstić information content (AvgIpc) is 2.26. The third-order valence-electron chi connectivity index (χ3n) is 2.00. The second-order valence-corrected chi connectivity index (χ2v) is 3.62. The average molecular weight is 278 g/mol. The first kappa shape index (κ1) is 14.3. The molecule has 0 aliphatic rings. The molecule has 0 spiro atoms. The van der Waals surface area contributed by atoms with E-state index in [0.29, 0.717) is 0 Å². The van der Waals surface area contributed by atoms with E-state index in [0.717, 1.165) is 12.1 Å². The molecule has 0 N–H and O–H groups in total. The van der Waals surface area contributed by atoms with Crippen LogP contribution < -0.4 is 0 Å². The summed E-state index contributed by atoms with van der Waals surface area (Å²) in [4.78, 5) is 11.4. The van der Waals surface area contributed by atoms with E-state index in [4.69, 9.17) is 16.9 Å². The van der Waals surface area contributed by atoms with Crippen molar-refractivity contribution in [1.29, 1.82) is 5.26 Å². The Balaban J connectivity index is 3.50. The van der Waals surface area contributed by atoms with E-state index in [1.165, 1.54) is 6.92 Å². The molecule has 0 aliphatic carbocycles. The summed E-state index contributed by atoms with van der Waals surface area (Å²) in [7, 11) is 0. The Hall–Kier alpha value is -1.74. The molecule has 0 saturated carbocycles. The molecule has 1 rings (SSSR count). The van der Waals surface area contributed by atoms with E-state index in [9.17, 15) is 18.0 Å². The summed E-state index contributed by atoms with van der Waals surface area (Å²) < 4.78 is 42.8. The van der Waals surface area contributed by atoms with Crippen molar-refractivity contribution in [3.63, 3.8) is 0 Å². The molecule has 0 heterocycles. The van der Waals surface area contributed by atoms with Crippen molar-refractivity contribution in [3.05, 3.63) is 33.8 Å². The Morgan fingerprint density at radius 1 is 1.50 bits per heavy atom. The van der Waals surface area contributed by atoms with Gasteiger partial charge in [0.1, 0.15) is 0 Å². The predicted octanol–water partition coefficient (Wildman–Crippen LogP) is 3.41. The second kappa shape index (κ2) is 5.27. The molecular weight excluding hydrogens is 271 g/mol.